The third kappa shape index (κ3) is 5.49. The molecular weight excluding hydrogens is 304 g/mol. The van der Waals surface area contributed by atoms with Gasteiger partial charge in [0.15, 0.2) is 0 Å². The van der Waals surface area contributed by atoms with E-state index in [1.54, 1.807) is 24.3 Å². The first-order valence-corrected chi connectivity index (χ1v) is 8.82. The average molecular weight is 334 g/mol. The molecule has 0 aliphatic carbocycles. The van der Waals surface area contributed by atoms with E-state index in [0.717, 1.165) is 44.7 Å². The van der Waals surface area contributed by atoms with Crippen molar-refractivity contribution in [2.45, 2.75) is 51.7 Å². The Labute approximate surface area is 145 Å². The van der Waals surface area contributed by atoms with Crippen LogP contribution in [0.15, 0.2) is 24.3 Å². The zero-order chi connectivity index (χ0) is 17.6. The molecule has 1 aliphatic rings. The number of carbonyl (C=O) groups is 1. The number of benzene rings is 1. The highest BCUT2D eigenvalue weighted by Gasteiger charge is 2.31. The maximum absolute atomic E-state index is 11.0. The molecule has 2 N–H and O–H groups in total. The van der Waals surface area contributed by atoms with Crippen LogP contribution in [0.2, 0.25) is 0 Å². The zero-order valence-corrected chi connectivity index (χ0v) is 15.1. The summed E-state index contributed by atoms with van der Waals surface area (Å²) in [5, 5.41) is 0. The van der Waals surface area contributed by atoms with Crippen LogP contribution in [0, 0.1) is 0 Å². The molecule has 0 aromatic heterocycles. The summed E-state index contributed by atoms with van der Waals surface area (Å²) in [4.78, 5) is 13.6. The van der Waals surface area contributed by atoms with Crippen LogP contribution in [0.4, 0.5) is 0 Å². The molecule has 0 saturated carbocycles. The molecule has 0 bridgehead atoms. The van der Waals surface area contributed by atoms with Crippen molar-refractivity contribution in [3.8, 4) is 5.75 Å². The molecule has 1 aliphatic heterocycles. The summed E-state index contributed by atoms with van der Waals surface area (Å²) in [5.41, 5.74) is 5.71. The summed E-state index contributed by atoms with van der Waals surface area (Å²) in [5.74, 6) is 0.356. The van der Waals surface area contributed by atoms with Gasteiger partial charge in [0.2, 0.25) is 5.91 Å². The third-order valence-corrected chi connectivity index (χ3v) is 4.59. The van der Waals surface area contributed by atoms with E-state index >= 15 is 0 Å². The number of hydrogen-bond acceptors (Lipinski definition) is 4. The van der Waals surface area contributed by atoms with Gasteiger partial charge in [-0.1, -0.05) is 6.92 Å². The van der Waals surface area contributed by atoms with Gasteiger partial charge >= 0.3 is 0 Å². The van der Waals surface area contributed by atoms with Crippen LogP contribution in [0.5, 0.6) is 5.75 Å². The minimum atomic E-state index is -0.417. The van der Waals surface area contributed by atoms with E-state index in [0.29, 0.717) is 18.2 Å². The molecule has 1 amide bonds. The largest absolute Gasteiger partial charge is 0.494 e. The molecule has 1 atom stereocenters. The molecule has 0 spiro atoms. The monoisotopic (exact) mass is 334 g/mol. The van der Waals surface area contributed by atoms with Gasteiger partial charge in [0.1, 0.15) is 5.75 Å². The zero-order valence-electron chi connectivity index (χ0n) is 15.1. The van der Waals surface area contributed by atoms with Crippen molar-refractivity contribution in [3.05, 3.63) is 29.8 Å². The maximum Gasteiger partial charge on any atom is 0.248 e. The van der Waals surface area contributed by atoms with Gasteiger partial charge in [0, 0.05) is 24.8 Å². The van der Waals surface area contributed by atoms with Gasteiger partial charge in [0.05, 0.1) is 12.2 Å². The van der Waals surface area contributed by atoms with E-state index < -0.39 is 5.91 Å². The Morgan fingerprint density at radius 1 is 1.38 bits per heavy atom. The van der Waals surface area contributed by atoms with Crippen molar-refractivity contribution in [2.24, 2.45) is 5.73 Å². The molecule has 1 fully saturated rings. The number of rotatable bonds is 8. The lowest BCUT2D eigenvalue weighted by Crippen LogP contribution is -2.46. The third-order valence-electron chi connectivity index (χ3n) is 4.59. The fourth-order valence-electron chi connectivity index (χ4n) is 3.28. The highest BCUT2D eigenvalue weighted by atomic mass is 16.5. The summed E-state index contributed by atoms with van der Waals surface area (Å²) >= 11 is 0. The van der Waals surface area contributed by atoms with Gasteiger partial charge < -0.3 is 20.1 Å². The first-order valence-electron chi connectivity index (χ1n) is 8.82. The summed E-state index contributed by atoms with van der Waals surface area (Å²) in [6, 6.07) is 7.56. The van der Waals surface area contributed by atoms with E-state index in [1.165, 1.54) is 0 Å². The molecule has 0 unspecified atom stereocenters. The molecule has 0 radical (unpaired) electrons. The van der Waals surface area contributed by atoms with Crippen molar-refractivity contribution < 1.29 is 14.3 Å². The average Bonchev–Trinajstić information content (AvgIpc) is 2.54. The second kappa shape index (κ2) is 8.49. The predicted molar refractivity (Wildman–Crippen MR) is 95.4 cm³/mol. The lowest BCUT2D eigenvalue weighted by atomic mass is 9.92. The molecule has 134 valence electrons. The smallest absolute Gasteiger partial charge is 0.248 e. The number of ether oxygens (including phenoxy) is 2. The van der Waals surface area contributed by atoms with E-state index in [4.69, 9.17) is 15.2 Å². The first kappa shape index (κ1) is 18.7. The van der Waals surface area contributed by atoms with Gasteiger partial charge in [0.25, 0.3) is 0 Å². The lowest BCUT2D eigenvalue weighted by Gasteiger charge is -2.41. The Morgan fingerprint density at radius 3 is 2.67 bits per heavy atom. The van der Waals surface area contributed by atoms with Crippen molar-refractivity contribution in [1.82, 2.24) is 4.90 Å². The van der Waals surface area contributed by atoms with E-state index in [-0.39, 0.29) is 5.60 Å². The molecule has 1 heterocycles. The van der Waals surface area contributed by atoms with E-state index in [1.807, 2.05) is 0 Å². The van der Waals surface area contributed by atoms with Gasteiger partial charge in [-0.25, -0.2) is 0 Å². The van der Waals surface area contributed by atoms with Crippen molar-refractivity contribution in [3.63, 3.8) is 0 Å². The molecular formula is C19H30N2O3. The SMILES string of the molecule is CCN(CCCOc1ccc(C(N)=O)cc1)[C@H]1CCOC(C)(C)C1. The number of hydrogen-bond donors (Lipinski definition) is 1. The molecule has 1 saturated heterocycles. The second-order valence-corrected chi connectivity index (χ2v) is 6.97. The summed E-state index contributed by atoms with van der Waals surface area (Å²) in [6.07, 6.45) is 3.16. The van der Waals surface area contributed by atoms with Crippen molar-refractivity contribution in [2.75, 3.05) is 26.3 Å². The van der Waals surface area contributed by atoms with Crippen LogP contribution >= 0.6 is 0 Å². The number of nitrogens with two attached hydrogens (primary N) is 1. The van der Waals surface area contributed by atoms with Gasteiger partial charge in [-0.15, -0.1) is 0 Å². The number of carbonyl (C=O) groups excluding carboxylic acids is 1. The fourth-order valence-corrected chi connectivity index (χ4v) is 3.28. The Morgan fingerprint density at radius 2 is 2.08 bits per heavy atom. The lowest BCUT2D eigenvalue weighted by molar-refractivity contribution is -0.0829. The van der Waals surface area contributed by atoms with Crippen LogP contribution in [-0.4, -0.2) is 48.8 Å². The van der Waals surface area contributed by atoms with Crippen molar-refractivity contribution in [1.29, 1.82) is 0 Å². The van der Waals surface area contributed by atoms with Gasteiger partial charge in [-0.3, -0.25) is 4.79 Å². The Bertz CT molecular complexity index is 528. The van der Waals surface area contributed by atoms with Crippen LogP contribution in [0.1, 0.15) is 50.4 Å². The van der Waals surface area contributed by atoms with Crippen molar-refractivity contribution >= 4 is 5.91 Å². The van der Waals surface area contributed by atoms with Crippen LogP contribution in [0.25, 0.3) is 0 Å². The normalized spacial score (nSPS) is 20.1. The minimum Gasteiger partial charge on any atom is -0.494 e. The summed E-state index contributed by atoms with van der Waals surface area (Å²) in [6.45, 7) is 10.1. The first-order chi connectivity index (χ1) is 11.4. The number of amides is 1. The summed E-state index contributed by atoms with van der Waals surface area (Å²) < 4.78 is 11.6. The minimum absolute atomic E-state index is 0.0188. The second-order valence-electron chi connectivity index (χ2n) is 6.97. The van der Waals surface area contributed by atoms with E-state index in [9.17, 15) is 4.79 Å². The quantitative estimate of drug-likeness (QED) is 0.743. The Hall–Kier alpha value is -1.59. The predicted octanol–water partition coefficient (Wildman–Crippen LogP) is 2.83. The van der Waals surface area contributed by atoms with E-state index in [2.05, 4.69) is 25.7 Å². The van der Waals surface area contributed by atoms with Crippen LogP contribution in [0.3, 0.4) is 0 Å². The molecule has 5 heteroatoms. The molecule has 1 aromatic rings. The van der Waals surface area contributed by atoms with Crippen LogP contribution in [-0.2, 0) is 4.74 Å². The highest BCUT2D eigenvalue weighted by molar-refractivity contribution is 5.92. The van der Waals surface area contributed by atoms with Crippen LogP contribution < -0.4 is 10.5 Å². The molecule has 2 rings (SSSR count). The topological polar surface area (TPSA) is 64.8 Å². The van der Waals surface area contributed by atoms with Gasteiger partial charge in [-0.05, 0) is 63.9 Å². The molecule has 5 nitrogen and oxygen atoms in total. The molecule has 24 heavy (non-hydrogen) atoms. The number of primary amides is 1. The maximum atomic E-state index is 11.0. The Kier molecular flexibility index (Phi) is 6.63. The Balaban J connectivity index is 1.74. The van der Waals surface area contributed by atoms with Gasteiger partial charge in [-0.2, -0.15) is 0 Å². The molecule has 1 aromatic carbocycles. The summed E-state index contributed by atoms with van der Waals surface area (Å²) in [7, 11) is 0. The highest BCUT2D eigenvalue weighted by Crippen LogP contribution is 2.27. The standard InChI is InChI=1S/C19H30N2O3/c1-4-21(16-10-13-24-19(2,3)14-16)11-5-12-23-17-8-6-15(7-9-17)18(20)22/h6-9,16H,4-5,10-14H2,1-3H3,(H2,20,22)/t16-/m0/s1. The number of nitrogens with zero attached hydrogens (tertiary/aromatic N) is 1. The fraction of sp³-hybridized carbons (Fsp3) is 0.632.